The lowest BCUT2D eigenvalue weighted by atomic mass is 10.1. The molecule has 1 aromatic rings. The highest BCUT2D eigenvalue weighted by Gasteiger charge is 2.42. The molecular formula is C9H12ClO3P. The third kappa shape index (κ3) is 2.01. The Hall–Kier alpha value is -0.340. The maximum Gasteiger partial charge on any atom is 0.350 e. The van der Waals surface area contributed by atoms with Gasteiger partial charge in [0.2, 0.25) is 0 Å². The van der Waals surface area contributed by atoms with Crippen molar-refractivity contribution >= 4 is 19.2 Å². The van der Waals surface area contributed by atoms with E-state index in [1.54, 1.807) is 31.2 Å². The zero-order chi connectivity index (χ0) is 11.0. The van der Waals surface area contributed by atoms with Crippen molar-refractivity contribution in [3.05, 3.63) is 35.4 Å². The molecule has 0 aromatic heterocycles. The van der Waals surface area contributed by atoms with Crippen LogP contribution in [0.1, 0.15) is 18.1 Å². The van der Waals surface area contributed by atoms with Gasteiger partial charge >= 0.3 is 7.60 Å². The van der Waals surface area contributed by atoms with E-state index in [0.29, 0.717) is 5.56 Å². The first kappa shape index (κ1) is 11.7. The first-order chi connectivity index (χ1) is 6.27. The molecule has 1 atom stereocenters. The molecule has 0 bridgehead atoms. The van der Waals surface area contributed by atoms with E-state index < -0.39 is 12.2 Å². The lowest BCUT2D eigenvalue weighted by molar-refractivity contribution is 0.354. The summed E-state index contributed by atoms with van der Waals surface area (Å²) in [6, 6.07) is 6.90. The largest absolute Gasteiger partial charge is 0.350 e. The SMILES string of the molecule is Cc1ccccc1C(C)(Cl)P(=O)(O)O. The zero-order valence-corrected chi connectivity index (χ0v) is 9.59. The van der Waals surface area contributed by atoms with E-state index in [4.69, 9.17) is 21.4 Å². The van der Waals surface area contributed by atoms with Crippen molar-refractivity contribution in [2.45, 2.75) is 18.5 Å². The fraction of sp³-hybridized carbons (Fsp3) is 0.333. The van der Waals surface area contributed by atoms with Crippen LogP contribution in [0.2, 0.25) is 0 Å². The molecule has 0 spiro atoms. The molecular weight excluding hydrogens is 223 g/mol. The lowest BCUT2D eigenvalue weighted by Gasteiger charge is -2.25. The first-order valence-corrected chi connectivity index (χ1v) is 6.06. The molecule has 1 rings (SSSR count). The summed E-state index contributed by atoms with van der Waals surface area (Å²) in [6.45, 7) is 3.10. The molecule has 0 heterocycles. The van der Waals surface area contributed by atoms with Crippen molar-refractivity contribution < 1.29 is 14.4 Å². The number of alkyl halides is 1. The minimum atomic E-state index is -4.35. The van der Waals surface area contributed by atoms with Gasteiger partial charge in [0.15, 0.2) is 4.62 Å². The smallest absolute Gasteiger partial charge is 0.323 e. The van der Waals surface area contributed by atoms with Crippen LogP contribution in [0, 0.1) is 6.92 Å². The highest BCUT2D eigenvalue weighted by Crippen LogP contribution is 2.60. The summed E-state index contributed by atoms with van der Waals surface area (Å²) < 4.78 is 9.53. The van der Waals surface area contributed by atoms with E-state index in [9.17, 15) is 4.57 Å². The fourth-order valence-electron chi connectivity index (χ4n) is 1.24. The first-order valence-electron chi connectivity index (χ1n) is 4.07. The van der Waals surface area contributed by atoms with Crippen LogP contribution in [0.25, 0.3) is 0 Å². The summed E-state index contributed by atoms with van der Waals surface area (Å²) in [7, 11) is -4.35. The molecule has 1 unspecified atom stereocenters. The Kier molecular flexibility index (Phi) is 3.07. The summed E-state index contributed by atoms with van der Waals surface area (Å²) in [5.41, 5.74) is 1.24. The van der Waals surface area contributed by atoms with E-state index in [2.05, 4.69) is 0 Å². The van der Waals surface area contributed by atoms with Crippen LogP contribution in [0.5, 0.6) is 0 Å². The number of hydrogen-bond donors (Lipinski definition) is 2. The van der Waals surface area contributed by atoms with Crippen molar-refractivity contribution in [3.8, 4) is 0 Å². The van der Waals surface area contributed by atoms with Gasteiger partial charge in [-0.05, 0) is 25.0 Å². The summed E-state index contributed by atoms with van der Waals surface area (Å²) in [4.78, 5) is 18.2. The van der Waals surface area contributed by atoms with Crippen molar-refractivity contribution in [3.63, 3.8) is 0 Å². The third-order valence-corrected chi connectivity index (χ3v) is 4.38. The fourth-order valence-corrected chi connectivity index (χ4v) is 2.02. The van der Waals surface area contributed by atoms with Gasteiger partial charge in [-0.3, -0.25) is 4.57 Å². The molecule has 3 nitrogen and oxygen atoms in total. The third-order valence-electron chi connectivity index (χ3n) is 2.18. The second-order valence-corrected chi connectivity index (χ2v) is 6.31. The summed E-state index contributed by atoms with van der Waals surface area (Å²) in [6.07, 6.45) is 0. The Balaban J connectivity index is 3.31. The van der Waals surface area contributed by atoms with E-state index in [-0.39, 0.29) is 0 Å². The summed E-state index contributed by atoms with van der Waals surface area (Å²) in [5.74, 6) is 0. The normalized spacial score (nSPS) is 16.4. The molecule has 0 fully saturated rings. The van der Waals surface area contributed by atoms with E-state index in [1.165, 1.54) is 6.92 Å². The highest BCUT2D eigenvalue weighted by atomic mass is 35.5. The van der Waals surface area contributed by atoms with E-state index in [1.807, 2.05) is 0 Å². The maximum absolute atomic E-state index is 11.2. The maximum atomic E-state index is 11.2. The lowest BCUT2D eigenvalue weighted by Crippen LogP contribution is -2.15. The van der Waals surface area contributed by atoms with Gasteiger partial charge in [0, 0.05) is 0 Å². The van der Waals surface area contributed by atoms with Gasteiger partial charge in [-0.1, -0.05) is 24.3 Å². The van der Waals surface area contributed by atoms with Crippen LogP contribution >= 0.6 is 19.2 Å². The minimum absolute atomic E-state index is 0.468. The molecule has 2 N–H and O–H groups in total. The van der Waals surface area contributed by atoms with Crippen LogP contribution in [0.15, 0.2) is 24.3 Å². The number of hydrogen-bond acceptors (Lipinski definition) is 1. The Labute approximate surface area is 87.9 Å². The van der Waals surface area contributed by atoms with Gasteiger partial charge in [0.05, 0.1) is 0 Å². The van der Waals surface area contributed by atoms with Gasteiger partial charge in [-0.15, -0.1) is 11.6 Å². The van der Waals surface area contributed by atoms with E-state index >= 15 is 0 Å². The Morgan fingerprint density at radius 2 is 1.86 bits per heavy atom. The van der Waals surface area contributed by atoms with Crippen molar-refractivity contribution in [1.82, 2.24) is 0 Å². The molecule has 0 aliphatic carbocycles. The van der Waals surface area contributed by atoms with Gasteiger partial charge in [0.1, 0.15) is 0 Å². The van der Waals surface area contributed by atoms with Crippen LogP contribution in [-0.4, -0.2) is 9.79 Å². The predicted molar refractivity (Wildman–Crippen MR) is 56.4 cm³/mol. The average molecular weight is 235 g/mol. The van der Waals surface area contributed by atoms with E-state index in [0.717, 1.165) is 5.56 Å². The van der Waals surface area contributed by atoms with Crippen LogP contribution in [-0.2, 0) is 9.18 Å². The predicted octanol–water partition coefficient (Wildman–Crippen LogP) is 2.58. The molecule has 78 valence electrons. The Morgan fingerprint density at radius 3 is 2.29 bits per heavy atom. The van der Waals surface area contributed by atoms with Crippen molar-refractivity contribution in [2.75, 3.05) is 0 Å². The Morgan fingerprint density at radius 1 is 1.36 bits per heavy atom. The topological polar surface area (TPSA) is 57.5 Å². The van der Waals surface area contributed by atoms with Crippen molar-refractivity contribution in [2.24, 2.45) is 0 Å². The second-order valence-electron chi connectivity index (χ2n) is 3.31. The number of aryl methyl sites for hydroxylation is 1. The summed E-state index contributed by atoms with van der Waals surface area (Å²) >= 11 is 5.88. The molecule has 0 amide bonds. The molecule has 1 aromatic carbocycles. The summed E-state index contributed by atoms with van der Waals surface area (Å²) in [5, 5.41) is 0. The zero-order valence-electron chi connectivity index (χ0n) is 7.94. The van der Waals surface area contributed by atoms with Gasteiger partial charge in [-0.2, -0.15) is 0 Å². The molecule has 0 aliphatic rings. The highest BCUT2D eigenvalue weighted by molar-refractivity contribution is 7.55. The number of halogens is 1. The molecule has 0 aliphatic heterocycles. The molecule has 14 heavy (non-hydrogen) atoms. The minimum Gasteiger partial charge on any atom is -0.323 e. The second kappa shape index (κ2) is 3.67. The van der Waals surface area contributed by atoms with Crippen molar-refractivity contribution in [1.29, 1.82) is 0 Å². The molecule has 0 radical (unpaired) electrons. The molecule has 0 saturated carbocycles. The molecule has 5 heteroatoms. The standard InChI is InChI=1S/C9H12ClO3P/c1-7-5-3-4-6-8(7)9(2,10)14(11,12)13/h3-6H,1-2H3,(H2,11,12,13). The monoisotopic (exact) mass is 234 g/mol. The number of benzene rings is 1. The van der Waals surface area contributed by atoms with Gasteiger partial charge in [-0.25, -0.2) is 0 Å². The Bertz CT molecular complexity index is 383. The van der Waals surface area contributed by atoms with Crippen LogP contribution < -0.4 is 0 Å². The van der Waals surface area contributed by atoms with Crippen LogP contribution in [0.3, 0.4) is 0 Å². The van der Waals surface area contributed by atoms with Crippen LogP contribution in [0.4, 0.5) is 0 Å². The number of rotatable bonds is 2. The molecule has 0 saturated heterocycles. The van der Waals surface area contributed by atoms with Gasteiger partial charge in [0.25, 0.3) is 0 Å². The average Bonchev–Trinajstić information content (AvgIpc) is 2.02. The quantitative estimate of drug-likeness (QED) is 0.611. The van der Waals surface area contributed by atoms with Gasteiger partial charge < -0.3 is 9.79 Å².